The van der Waals surface area contributed by atoms with Crippen molar-refractivity contribution in [1.29, 1.82) is 0 Å². The van der Waals surface area contributed by atoms with Crippen LogP contribution in [-0.4, -0.2) is 6.29 Å². The lowest BCUT2D eigenvalue weighted by atomic mass is 10.1. The van der Waals surface area contributed by atoms with Gasteiger partial charge in [0.25, 0.3) is 0 Å². The number of rotatable bonds is 0. The van der Waals surface area contributed by atoms with Gasteiger partial charge in [0.2, 0.25) is 0 Å². The Bertz CT molecular complexity index is 440. The molecule has 15 heavy (non-hydrogen) atoms. The van der Waals surface area contributed by atoms with Crippen LogP contribution in [0.2, 0.25) is 0 Å². The van der Waals surface area contributed by atoms with Gasteiger partial charge in [-0.05, 0) is 24.1 Å². The van der Waals surface area contributed by atoms with Gasteiger partial charge in [-0.25, -0.2) is 0 Å². The van der Waals surface area contributed by atoms with E-state index in [1.165, 1.54) is 0 Å². The number of benzene rings is 1. The Hall–Kier alpha value is -1.96. The largest absolute Gasteiger partial charge is 0.418 e. The molecule has 1 aromatic rings. The second-order valence-electron chi connectivity index (χ2n) is 2.69. The normalized spacial score (nSPS) is 10.3. The van der Waals surface area contributed by atoms with Crippen LogP contribution in [0.25, 0.3) is 0 Å². The number of nitrogens with two attached hydrogens (primary N) is 1. The molecular weight excluding hydrogens is 207 g/mol. The highest BCUT2D eigenvalue weighted by atomic mass is 19.4. The Morgan fingerprint density at radius 2 is 2.00 bits per heavy atom. The van der Waals surface area contributed by atoms with E-state index in [-0.39, 0.29) is 5.56 Å². The van der Waals surface area contributed by atoms with Crippen LogP contribution in [0.15, 0.2) is 18.2 Å². The van der Waals surface area contributed by atoms with E-state index < -0.39 is 17.4 Å². The van der Waals surface area contributed by atoms with Gasteiger partial charge in [0.1, 0.15) is 0 Å². The quantitative estimate of drug-likeness (QED) is 0.406. The van der Waals surface area contributed by atoms with Crippen molar-refractivity contribution < 1.29 is 18.0 Å². The molecule has 1 rings (SSSR count). The van der Waals surface area contributed by atoms with Crippen molar-refractivity contribution >= 4 is 12.0 Å². The van der Waals surface area contributed by atoms with Crippen molar-refractivity contribution in [2.24, 2.45) is 0 Å². The molecule has 0 saturated carbocycles. The highest BCUT2D eigenvalue weighted by molar-refractivity contribution is 5.74. The number of carbonyl (C=O) groups excluding carboxylic acids is 1. The lowest BCUT2D eigenvalue weighted by molar-refractivity contribution is -0.136. The molecule has 0 fully saturated rings. The number of hydrogen-bond donors (Lipinski definition) is 1. The lowest BCUT2D eigenvalue weighted by Crippen LogP contribution is -2.08. The van der Waals surface area contributed by atoms with E-state index in [1.54, 1.807) is 0 Å². The maximum atomic E-state index is 12.3. The predicted octanol–water partition coefficient (Wildman–Crippen LogP) is 1.84. The van der Waals surface area contributed by atoms with Gasteiger partial charge in [-0.15, -0.1) is 0 Å². The monoisotopic (exact) mass is 213 g/mol. The Kier molecular flexibility index (Phi) is 3.00. The highest BCUT2D eigenvalue weighted by Crippen LogP contribution is 2.33. The fourth-order valence-corrected chi connectivity index (χ4v) is 1.01. The van der Waals surface area contributed by atoms with Crippen LogP contribution >= 0.6 is 0 Å². The molecule has 0 heterocycles. The molecule has 0 aliphatic rings. The second kappa shape index (κ2) is 4.05. The van der Waals surface area contributed by atoms with Gasteiger partial charge in [0, 0.05) is 11.3 Å². The van der Waals surface area contributed by atoms with E-state index in [0.29, 0.717) is 6.29 Å². The topological polar surface area (TPSA) is 43.1 Å². The third kappa shape index (κ3) is 2.74. The Labute approximate surface area is 83.9 Å². The van der Waals surface area contributed by atoms with Gasteiger partial charge in [-0.1, -0.05) is 5.92 Å². The summed E-state index contributed by atoms with van der Waals surface area (Å²) in [6.45, 7) is 0. The van der Waals surface area contributed by atoms with Gasteiger partial charge in [0.05, 0.1) is 5.56 Å². The predicted molar refractivity (Wildman–Crippen MR) is 48.8 cm³/mol. The number of hydrogen-bond acceptors (Lipinski definition) is 2. The Morgan fingerprint density at radius 3 is 2.47 bits per heavy atom. The maximum absolute atomic E-state index is 12.3. The lowest BCUT2D eigenvalue weighted by Gasteiger charge is -2.09. The zero-order valence-electron chi connectivity index (χ0n) is 7.43. The summed E-state index contributed by atoms with van der Waals surface area (Å²) in [7, 11) is 0. The van der Waals surface area contributed by atoms with E-state index in [9.17, 15) is 18.0 Å². The van der Waals surface area contributed by atoms with E-state index >= 15 is 0 Å². The molecule has 0 amide bonds. The molecule has 1 aromatic carbocycles. The molecule has 0 aromatic heterocycles. The summed E-state index contributed by atoms with van der Waals surface area (Å²) in [5.74, 6) is 4.43. The molecule has 0 bridgehead atoms. The molecule has 0 aliphatic heterocycles. The van der Waals surface area contributed by atoms with Crippen LogP contribution in [0.3, 0.4) is 0 Å². The van der Waals surface area contributed by atoms with Gasteiger partial charge in [-0.3, -0.25) is 4.79 Å². The number of halogens is 3. The zero-order valence-corrected chi connectivity index (χ0v) is 7.43. The molecule has 2 nitrogen and oxygen atoms in total. The molecule has 5 heteroatoms. The first-order valence-electron chi connectivity index (χ1n) is 3.87. The van der Waals surface area contributed by atoms with E-state index in [2.05, 4.69) is 11.8 Å². The van der Waals surface area contributed by atoms with Crippen LogP contribution < -0.4 is 5.73 Å². The molecule has 0 unspecified atom stereocenters. The van der Waals surface area contributed by atoms with Crippen LogP contribution in [0, 0.1) is 11.8 Å². The average molecular weight is 213 g/mol. The third-order valence-corrected chi connectivity index (χ3v) is 1.63. The fraction of sp³-hybridized carbons (Fsp3) is 0.100. The van der Waals surface area contributed by atoms with Crippen LogP contribution in [0.4, 0.5) is 18.9 Å². The summed E-state index contributed by atoms with van der Waals surface area (Å²) in [5.41, 5.74) is 4.17. The van der Waals surface area contributed by atoms with Crippen LogP contribution in [0.5, 0.6) is 0 Å². The van der Waals surface area contributed by atoms with Crippen molar-refractivity contribution in [3.05, 3.63) is 29.3 Å². The number of anilines is 1. The fourth-order valence-electron chi connectivity index (χ4n) is 1.01. The number of aldehydes is 1. The minimum absolute atomic E-state index is 0.271. The SMILES string of the molecule is Nc1cc(C#CC=O)ccc1C(F)(F)F. The summed E-state index contributed by atoms with van der Waals surface area (Å²) in [5, 5.41) is 0. The van der Waals surface area contributed by atoms with Crippen molar-refractivity contribution in [2.75, 3.05) is 5.73 Å². The van der Waals surface area contributed by atoms with Gasteiger partial charge >= 0.3 is 6.18 Å². The molecule has 78 valence electrons. The van der Waals surface area contributed by atoms with Crippen molar-refractivity contribution in [1.82, 2.24) is 0 Å². The minimum Gasteiger partial charge on any atom is -0.398 e. The van der Waals surface area contributed by atoms with Gasteiger partial charge in [-0.2, -0.15) is 13.2 Å². The minimum atomic E-state index is -4.47. The first kappa shape index (κ1) is 11.1. The molecular formula is C10H6F3NO. The van der Waals surface area contributed by atoms with Crippen molar-refractivity contribution in [2.45, 2.75) is 6.18 Å². The Morgan fingerprint density at radius 1 is 1.33 bits per heavy atom. The average Bonchev–Trinajstić information content (AvgIpc) is 2.12. The zero-order chi connectivity index (χ0) is 11.5. The summed E-state index contributed by atoms with van der Waals surface area (Å²) in [4.78, 5) is 9.90. The Balaban J connectivity index is 3.14. The number of nitrogen functional groups attached to an aromatic ring is 1. The standard InChI is InChI=1S/C10H6F3NO/c11-10(12,13)8-4-3-7(2-1-5-15)6-9(8)14/h3-6H,14H2. The molecule has 0 aliphatic carbocycles. The van der Waals surface area contributed by atoms with Gasteiger partial charge < -0.3 is 5.73 Å². The van der Waals surface area contributed by atoms with Gasteiger partial charge in [0.15, 0.2) is 6.29 Å². The van der Waals surface area contributed by atoms with Crippen LogP contribution in [-0.2, 0) is 11.0 Å². The van der Waals surface area contributed by atoms with Crippen molar-refractivity contribution in [3.63, 3.8) is 0 Å². The summed E-state index contributed by atoms with van der Waals surface area (Å²) < 4.78 is 36.8. The molecule has 0 atom stereocenters. The molecule has 2 N–H and O–H groups in total. The smallest absolute Gasteiger partial charge is 0.398 e. The summed E-state index contributed by atoms with van der Waals surface area (Å²) >= 11 is 0. The van der Waals surface area contributed by atoms with E-state index in [1.807, 2.05) is 0 Å². The summed E-state index contributed by atoms with van der Waals surface area (Å²) in [6, 6.07) is 3.08. The highest BCUT2D eigenvalue weighted by Gasteiger charge is 2.32. The van der Waals surface area contributed by atoms with E-state index in [4.69, 9.17) is 5.73 Å². The molecule has 0 spiro atoms. The second-order valence-corrected chi connectivity index (χ2v) is 2.69. The van der Waals surface area contributed by atoms with E-state index in [0.717, 1.165) is 18.2 Å². The first-order valence-corrected chi connectivity index (χ1v) is 3.87. The third-order valence-electron chi connectivity index (χ3n) is 1.63. The molecule has 0 radical (unpaired) electrons. The number of alkyl halides is 3. The maximum Gasteiger partial charge on any atom is 0.418 e. The first-order chi connectivity index (χ1) is 6.95. The van der Waals surface area contributed by atoms with Crippen molar-refractivity contribution in [3.8, 4) is 11.8 Å². The number of carbonyl (C=O) groups is 1. The molecule has 0 saturated heterocycles. The summed E-state index contributed by atoms with van der Waals surface area (Å²) in [6.07, 6.45) is -4.12. The van der Waals surface area contributed by atoms with Crippen LogP contribution in [0.1, 0.15) is 11.1 Å².